The highest BCUT2D eigenvalue weighted by Gasteiger charge is 2.51. The van der Waals surface area contributed by atoms with Crippen molar-refractivity contribution in [2.24, 2.45) is 11.7 Å². The Hall–Kier alpha value is 0.310. The third-order valence-corrected chi connectivity index (χ3v) is 4.46. The molecule has 1 rings (SSSR count). The third-order valence-electron chi connectivity index (χ3n) is 2.61. The predicted molar refractivity (Wildman–Crippen MR) is 52.9 cm³/mol. The van der Waals surface area contributed by atoms with Crippen molar-refractivity contribution >= 4 is 11.8 Å². The van der Waals surface area contributed by atoms with Gasteiger partial charge in [-0.05, 0) is 24.5 Å². The van der Waals surface area contributed by atoms with Crippen molar-refractivity contribution in [2.75, 3.05) is 12.3 Å². The Labute approximate surface area is 74.1 Å². The van der Waals surface area contributed by atoms with Crippen molar-refractivity contribution in [3.05, 3.63) is 0 Å². The SMILES string of the molecule is CCCSC1(CN)CC1CC. The van der Waals surface area contributed by atoms with E-state index < -0.39 is 0 Å². The van der Waals surface area contributed by atoms with E-state index in [1.165, 1.54) is 25.0 Å². The summed E-state index contributed by atoms with van der Waals surface area (Å²) in [6, 6.07) is 0. The first-order valence-corrected chi connectivity index (χ1v) is 5.61. The van der Waals surface area contributed by atoms with Crippen molar-refractivity contribution in [3.63, 3.8) is 0 Å². The van der Waals surface area contributed by atoms with Crippen LogP contribution >= 0.6 is 11.8 Å². The molecule has 0 heterocycles. The van der Waals surface area contributed by atoms with Gasteiger partial charge in [0.1, 0.15) is 0 Å². The Balaban J connectivity index is 2.27. The van der Waals surface area contributed by atoms with Crippen molar-refractivity contribution in [1.82, 2.24) is 0 Å². The van der Waals surface area contributed by atoms with E-state index in [1.807, 2.05) is 0 Å². The first-order valence-electron chi connectivity index (χ1n) is 4.63. The smallest absolute Gasteiger partial charge is 0.0313 e. The summed E-state index contributed by atoms with van der Waals surface area (Å²) < 4.78 is 0.505. The van der Waals surface area contributed by atoms with Gasteiger partial charge in [0, 0.05) is 11.3 Å². The molecule has 0 spiro atoms. The van der Waals surface area contributed by atoms with E-state index in [0.717, 1.165) is 12.5 Å². The molecule has 0 radical (unpaired) electrons. The molecule has 11 heavy (non-hydrogen) atoms. The predicted octanol–water partition coefficient (Wildman–Crippen LogP) is 2.26. The van der Waals surface area contributed by atoms with Gasteiger partial charge in [0.2, 0.25) is 0 Å². The molecular weight excluding hydrogens is 154 g/mol. The molecule has 1 aliphatic carbocycles. The molecule has 1 nitrogen and oxygen atoms in total. The number of thioether (sulfide) groups is 1. The first-order chi connectivity index (χ1) is 5.29. The van der Waals surface area contributed by atoms with Gasteiger partial charge in [-0.25, -0.2) is 0 Å². The van der Waals surface area contributed by atoms with E-state index in [1.54, 1.807) is 0 Å². The summed E-state index contributed by atoms with van der Waals surface area (Å²) in [5.74, 6) is 2.21. The normalized spacial score (nSPS) is 35.7. The Bertz CT molecular complexity index is 127. The lowest BCUT2D eigenvalue weighted by atomic mass is 10.2. The summed E-state index contributed by atoms with van der Waals surface area (Å²) in [4.78, 5) is 0. The van der Waals surface area contributed by atoms with Crippen LogP contribution in [0.15, 0.2) is 0 Å². The molecule has 1 saturated carbocycles. The molecule has 0 aromatic heterocycles. The van der Waals surface area contributed by atoms with E-state index in [-0.39, 0.29) is 0 Å². The average molecular weight is 173 g/mol. The fourth-order valence-corrected chi connectivity index (χ4v) is 3.12. The molecule has 0 aliphatic heterocycles. The maximum atomic E-state index is 5.75. The minimum absolute atomic E-state index is 0.505. The monoisotopic (exact) mass is 173 g/mol. The molecule has 1 aliphatic rings. The number of nitrogens with two attached hydrogens (primary N) is 1. The summed E-state index contributed by atoms with van der Waals surface area (Å²) in [5.41, 5.74) is 5.75. The lowest BCUT2D eigenvalue weighted by molar-refractivity contribution is 0.718. The highest BCUT2D eigenvalue weighted by atomic mass is 32.2. The van der Waals surface area contributed by atoms with Gasteiger partial charge in [0.05, 0.1) is 0 Å². The highest BCUT2D eigenvalue weighted by molar-refractivity contribution is 8.01. The fraction of sp³-hybridized carbons (Fsp3) is 1.00. The van der Waals surface area contributed by atoms with E-state index in [9.17, 15) is 0 Å². The van der Waals surface area contributed by atoms with Gasteiger partial charge in [0.15, 0.2) is 0 Å². The lowest BCUT2D eigenvalue weighted by Gasteiger charge is -2.12. The summed E-state index contributed by atoms with van der Waals surface area (Å²) in [7, 11) is 0. The molecule has 0 aromatic rings. The van der Waals surface area contributed by atoms with Gasteiger partial charge in [-0.2, -0.15) is 11.8 Å². The van der Waals surface area contributed by atoms with Gasteiger partial charge in [-0.3, -0.25) is 0 Å². The van der Waals surface area contributed by atoms with Gasteiger partial charge in [-0.15, -0.1) is 0 Å². The van der Waals surface area contributed by atoms with Crippen LogP contribution < -0.4 is 5.73 Å². The maximum absolute atomic E-state index is 5.75. The van der Waals surface area contributed by atoms with Crippen LogP contribution in [-0.4, -0.2) is 17.0 Å². The topological polar surface area (TPSA) is 26.0 Å². The second-order valence-corrected chi connectivity index (χ2v) is 4.94. The lowest BCUT2D eigenvalue weighted by Crippen LogP contribution is -2.21. The van der Waals surface area contributed by atoms with Crippen LogP contribution in [0.5, 0.6) is 0 Å². The van der Waals surface area contributed by atoms with Crippen molar-refractivity contribution < 1.29 is 0 Å². The summed E-state index contributed by atoms with van der Waals surface area (Å²) in [5, 5.41) is 0. The van der Waals surface area contributed by atoms with Gasteiger partial charge in [-0.1, -0.05) is 20.3 Å². The molecule has 0 amide bonds. The number of rotatable bonds is 5. The molecule has 2 unspecified atom stereocenters. The quantitative estimate of drug-likeness (QED) is 0.690. The molecule has 2 heteroatoms. The highest BCUT2D eigenvalue weighted by Crippen LogP contribution is 2.55. The third kappa shape index (κ3) is 1.91. The standard InChI is InChI=1S/C9H19NS/c1-3-5-11-9(7-10)6-8(9)4-2/h8H,3-7,10H2,1-2H3. The number of hydrogen-bond donors (Lipinski definition) is 1. The minimum atomic E-state index is 0.505. The molecule has 66 valence electrons. The van der Waals surface area contributed by atoms with Crippen LogP contribution in [0, 0.1) is 5.92 Å². The Morgan fingerprint density at radius 1 is 1.55 bits per heavy atom. The van der Waals surface area contributed by atoms with Gasteiger partial charge < -0.3 is 5.73 Å². The Morgan fingerprint density at radius 2 is 2.27 bits per heavy atom. The van der Waals surface area contributed by atoms with Crippen molar-refractivity contribution in [2.45, 2.75) is 37.9 Å². The van der Waals surface area contributed by atoms with E-state index in [0.29, 0.717) is 4.75 Å². The second kappa shape index (κ2) is 3.81. The molecule has 0 aromatic carbocycles. The maximum Gasteiger partial charge on any atom is 0.0313 e. The van der Waals surface area contributed by atoms with Crippen LogP contribution in [0.2, 0.25) is 0 Å². The van der Waals surface area contributed by atoms with Gasteiger partial charge >= 0.3 is 0 Å². The van der Waals surface area contributed by atoms with Crippen molar-refractivity contribution in [1.29, 1.82) is 0 Å². The van der Waals surface area contributed by atoms with Crippen LogP contribution in [0.3, 0.4) is 0 Å². The summed E-state index contributed by atoms with van der Waals surface area (Å²) in [6.07, 6.45) is 3.96. The molecular formula is C9H19NS. The second-order valence-electron chi connectivity index (χ2n) is 3.43. The zero-order valence-corrected chi connectivity index (χ0v) is 8.41. The van der Waals surface area contributed by atoms with E-state index in [2.05, 4.69) is 25.6 Å². The average Bonchev–Trinajstić information content (AvgIpc) is 2.76. The molecule has 0 saturated heterocycles. The van der Waals surface area contributed by atoms with E-state index >= 15 is 0 Å². The van der Waals surface area contributed by atoms with Crippen LogP contribution in [-0.2, 0) is 0 Å². The molecule has 2 atom stereocenters. The Morgan fingerprint density at radius 3 is 2.64 bits per heavy atom. The zero-order valence-electron chi connectivity index (χ0n) is 7.60. The minimum Gasteiger partial charge on any atom is -0.329 e. The largest absolute Gasteiger partial charge is 0.329 e. The first kappa shape index (κ1) is 9.40. The summed E-state index contributed by atoms with van der Waals surface area (Å²) >= 11 is 2.10. The van der Waals surface area contributed by atoms with Crippen LogP contribution in [0.25, 0.3) is 0 Å². The molecule has 1 fully saturated rings. The Kier molecular flexibility index (Phi) is 3.26. The van der Waals surface area contributed by atoms with E-state index in [4.69, 9.17) is 5.73 Å². The van der Waals surface area contributed by atoms with Crippen molar-refractivity contribution in [3.8, 4) is 0 Å². The van der Waals surface area contributed by atoms with Gasteiger partial charge in [0.25, 0.3) is 0 Å². The van der Waals surface area contributed by atoms with Crippen LogP contribution in [0.1, 0.15) is 33.1 Å². The molecule has 0 bridgehead atoms. The summed E-state index contributed by atoms with van der Waals surface area (Å²) in [6.45, 7) is 5.39. The number of hydrogen-bond acceptors (Lipinski definition) is 2. The van der Waals surface area contributed by atoms with Crippen LogP contribution in [0.4, 0.5) is 0 Å². The molecule has 2 N–H and O–H groups in total. The zero-order chi connectivity index (χ0) is 8.32. The fourth-order valence-electron chi connectivity index (χ4n) is 1.67.